The quantitative estimate of drug-likeness (QED) is 0.745. The molecule has 23 heavy (non-hydrogen) atoms. The minimum atomic E-state index is -1.06. The van der Waals surface area contributed by atoms with Crippen molar-refractivity contribution in [2.24, 2.45) is 15.0 Å². The third kappa shape index (κ3) is 2.91. The van der Waals surface area contributed by atoms with E-state index in [1.807, 2.05) is 27.7 Å². The van der Waals surface area contributed by atoms with Crippen LogP contribution in [0.4, 0.5) is 0 Å². The lowest BCUT2D eigenvalue weighted by Crippen LogP contribution is -2.50. The molecule has 0 aromatic carbocycles. The van der Waals surface area contributed by atoms with Crippen LogP contribution >= 0.6 is 0 Å². The van der Waals surface area contributed by atoms with Gasteiger partial charge in [0, 0.05) is 5.71 Å². The number of aliphatic hydroxyl groups excluding tert-OH is 2. The molecule has 7 atom stereocenters. The van der Waals surface area contributed by atoms with E-state index < -0.39 is 24.5 Å². The molecule has 0 aliphatic carbocycles. The topological polar surface area (TPSA) is 99.2 Å². The number of nitrogens with zero attached hydrogens (tertiary/aromatic N) is 4. The van der Waals surface area contributed by atoms with Crippen molar-refractivity contribution in [3.63, 3.8) is 0 Å². The van der Waals surface area contributed by atoms with Crippen LogP contribution in [0.15, 0.2) is 15.0 Å². The molecule has 3 heterocycles. The van der Waals surface area contributed by atoms with E-state index in [-0.39, 0.29) is 24.4 Å². The van der Waals surface area contributed by atoms with Gasteiger partial charge in [0.15, 0.2) is 12.4 Å². The minimum Gasteiger partial charge on any atom is -0.387 e. The maximum Gasteiger partial charge on any atom is 0.162 e. The van der Waals surface area contributed by atoms with E-state index in [4.69, 9.17) is 9.47 Å². The molecule has 3 aliphatic rings. The second kappa shape index (κ2) is 6.27. The van der Waals surface area contributed by atoms with Gasteiger partial charge in [0.1, 0.15) is 30.7 Å². The van der Waals surface area contributed by atoms with Crippen LogP contribution < -0.4 is 0 Å². The summed E-state index contributed by atoms with van der Waals surface area (Å²) in [6.07, 6.45) is -0.899. The Balaban J connectivity index is 1.73. The van der Waals surface area contributed by atoms with Crippen LogP contribution in [0.3, 0.4) is 0 Å². The number of hydrogen-bond acceptors (Lipinski definition) is 8. The van der Waals surface area contributed by atoms with Gasteiger partial charge in [-0.15, -0.1) is 0 Å². The van der Waals surface area contributed by atoms with Gasteiger partial charge >= 0.3 is 0 Å². The van der Waals surface area contributed by atoms with Gasteiger partial charge in [-0.05, 0) is 27.7 Å². The van der Waals surface area contributed by atoms with Gasteiger partial charge < -0.3 is 24.6 Å². The van der Waals surface area contributed by atoms with Gasteiger partial charge in [-0.3, -0.25) is 4.99 Å². The van der Waals surface area contributed by atoms with Crippen molar-refractivity contribution in [1.29, 1.82) is 0 Å². The van der Waals surface area contributed by atoms with Gasteiger partial charge in [-0.2, -0.15) is 0 Å². The maximum atomic E-state index is 10.4. The molecular formula is C15H24N4O4. The molecule has 0 saturated carbocycles. The van der Waals surface area contributed by atoms with Crippen molar-refractivity contribution in [1.82, 2.24) is 4.90 Å². The summed E-state index contributed by atoms with van der Waals surface area (Å²) in [5.74, 6) is 0. The molecule has 128 valence electrons. The SMILES string of the molecule is CC1=NC=NC2C1N=CN2[C@@H]1O[C@H](C(C)OC(C)C)[C@@H](O)[C@H]1O. The Morgan fingerprint density at radius 3 is 2.65 bits per heavy atom. The third-order valence-corrected chi connectivity index (χ3v) is 4.38. The first kappa shape index (κ1) is 16.5. The van der Waals surface area contributed by atoms with Crippen LogP contribution in [0, 0.1) is 0 Å². The fourth-order valence-electron chi connectivity index (χ4n) is 3.25. The summed E-state index contributed by atoms with van der Waals surface area (Å²) in [5, 5.41) is 20.7. The lowest BCUT2D eigenvalue weighted by molar-refractivity contribution is -0.124. The Morgan fingerprint density at radius 2 is 1.96 bits per heavy atom. The van der Waals surface area contributed by atoms with E-state index >= 15 is 0 Å². The van der Waals surface area contributed by atoms with Gasteiger partial charge in [-0.25, -0.2) is 9.98 Å². The normalized spacial score (nSPS) is 40.7. The lowest BCUT2D eigenvalue weighted by atomic mass is 10.1. The van der Waals surface area contributed by atoms with Crippen molar-refractivity contribution in [3.8, 4) is 0 Å². The number of rotatable bonds is 4. The zero-order chi connectivity index (χ0) is 16.7. The average molecular weight is 324 g/mol. The van der Waals surface area contributed by atoms with Crippen molar-refractivity contribution >= 4 is 18.4 Å². The molecule has 8 nitrogen and oxygen atoms in total. The van der Waals surface area contributed by atoms with E-state index in [9.17, 15) is 10.2 Å². The van der Waals surface area contributed by atoms with Gasteiger partial charge in [0.2, 0.25) is 0 Å². The van der Waals surface area contributed by atoms with Crippen LogP contribution in [-0.4, -0.2) is 82.5 Å². The van der Waals surface area contributed by atoms with Crippen molar-refractivity contribution in [3.05, 3.63) is 0 Å². The summed E-state index contributed by atoms with van der Waals surface area (Å²) >= 11 is 0. The van der Waals surface area contributed by atoms with E-state index in [2.05, 4.69) is 15.0 Å². The van der Waals surface area contributed by atoms with Gasteiger partial charge in [0.05, 0.1) is 18.5 Å². The molecule has 3 unspecified atom stereocenters. The maximum absolute atomic E-state index is 10.4. The first-order valence-electron chi connectivity index (χ1n) is 7.94. The first-order valence-corrected chi connectivity index (χ1v) is 7.94. The zero-order valence-electron chi connectivity index (χ0n) is 13.8. The van der Waals surface area contributed by atoms with Crippen molar-refractivity contribution in [2.45, 2.75) is 76.7 Å². The van der Waals surface area contributed by atoms with Crippen molar-refractivity contribution in [2.75, 3.05) is 0 Å². The largest absolute Gasteiger partial charge is 0.387 e. The number of aliphatic imine (C=N–C) groups is 3. The fraction of sp³-hybridized carbons (Fsp3) is 0.800. The van der Waals surface area contributed by atoms with Crippen molar-refractivity contribution < 1.29 is 19.7 Å². The Bertz CT molecular complexity index is 536. The number of aliphatic hydroxyl groups is 2. The fourth-order valence-corrected chi connectivity index (χ4v) is 3.25. The second-order valence-electron chi connectivity index (χ2n) is 6.47. The smallest absolute Gasteiger partial charge is 0.162 e. The number of fused-ring (bicyclic) bond motifs is 1. The van der Waals surface area contributed by atoms with E-state index in [1.165, 1.54) is 6.34 Å². The van der Waals surface area contributed by atoms with Crippen LogP contribution in [0.2, 0.25) is 0 Å². The standard InChI is InChI=1S/C15H24N4O4/c1-7(2)22-9(4)13-11(20)12(21)15(23-13)19-6-18-10-8(3)16-5-17-14(10)19/h5-7,9-15,20-21H,1-4H3/t9?,10?,11-,12+,13+,14?,15+/m0/s1. The zero-order valence-corrected chi connectivity index (χ0v) is 13.8. The molecule has 0 bridgehead atoms. The summed E-state index contributed by atoms with van der Waals surface area (Å²) in [5.41, 5.74) is 0.866. The Labute approximate surface area is 135 Å². The molecule has 1 saturated heterocycles. The Hall–Kier alpha value is -1.35. The first-order chi connectivity index (χ1) is 10.9. The summed E-state index contributed by atoms with van der Waals surface area (Å²) in [7, 11) is 0. The summed E-state index contributed by atoms with van der Waals surface area (Å²) in [6.45, 7) is 7.57. The van der Waals surface area contributed by atoms with Crippen LogP contribution in [0.5, 0.6) is 0 Å². The minimum absolute atomic E-state index is 0.0107. The van der Waals surface area contributed by atoms with E-state index in [0.29, 0.717) is 0 Å². The van der Waals surface area contributed by atoms with E-state index in [1.54, 1.807) is 11.2 Å². The molecule has 0 aromatic rings. The highest BCUT2D eigenvalue weighted by Crippen LogP contribution is 2.31. The molecule has 0 spiro atoms. The monoisotopic (exact) mass is 324 g/mol. The molecule has 0 aromatic heterocycles. The summed E-state index contributed by atoms with van der Waals surface area (Å²) < 4.78 is 11.6. The molecule has 3 aliphatic heterocycles. The lowest BCUT2D eigenvalue weighted by Gasteiger charge is -2.32. The molecular weight excluding hydrogens is 300 g/mol. The average Bonchev–Trinajstić information content (AvgIpc) is 3.02. The molecule has 0 radical (unpaired) electrons. The predicted octanol–water partition coefficient (Wildman–Crippen LogP) is -0.212. The molecule has 3 rings (SSSR count). The molecule has 8 heteroatoms. The molecule has 2 N–H and O–H groups in total. The third-order valence-electron chi connectivity index (χ3n) is 4.38. The highest BCUT2D eigenvalue weighted by atomic mass is 16.6. The molecule has 1 fully saturated rings. The summed E-state index contributed by atoms with van der Waals surface area (Å²) in [6, 6.07) is -0.170. The number of ether oxygens (including phenoxy) is 2. The van der Waals surface area contributed by atoms with Crippen LogP contribution in [0.1, 0.15) is 27.7 Å². The highest BCUT2D eigenvalue weighted by molar-refractivity contribution is 5.97. The van der Waals surface area contributed by atoms with Gasteiger partial charge in [0.25, 0.3) is 0 Å². The van der Waals surface area contributed by atoms with Crippen LogP contribution in [0.25, 0.3) is 0 Å². The molecule has 0 amide bonds. The highest BCUT2D eigenvalue weighted by Gasteiger charge is 2.51. The number of hydrogen-bond donors (Lipinski definition) is 2. The predicted molar refractivity (Wildman–Crippen MR) is 85.9 cm³/mol. The second-order valence-corrected chi connectivity index (χ2v) is 6.47. The Kier molecular flexibility index (Phi) is 4.50. The summed E-state index contributed by atoms with van der Waals surface area (Å²) in [4.78, 5) is 14.6. The van der Waals surface area contributed by atoms with Crippen LogP contribution in [-0.2, 0) is 9.47 Å². The van der Waals surface area contributed by atoms with E-state index in [0.717, 1.165) is 5.71 Å². The Morgan fingerprint density at radius 1 is 1.22 bits per heavy atom. The van der Waals surface area contributed by atoms with Gasteiger partial charge in [-0.1, -0.05) is 0 Å².